The summed E-state index contributed by atoms with van der Waals surface area (Å²) in [6, 6.07) is 6.01. The highest BCUT2D eigenvalue weighted by Crippen LogP contribution is 2.18. The van der Waals surface area contributed by atoms with E-state index in [1.807, 2.05) is 0 Å². The molecule has 0 aliphatic heterocycles. The molecular weight excluding hydrogens is 254 g/mol. The largest absolute Gasteiger partial charge is 0.368 e. The van der Waals surface area contributed by atoms with Crippen LogP contribution in [0.2, 0.25) is 5.02 Å². The van der Waals surface area contributed by atoms with Crippen LogP contribution < -0.4 is 10.8 Å². The maximum Gasteiger partial charge on any atom is 0.285 e. The zero-order chi connectivity index (χ0) is 12.3. The van der Waals surface area contributed by atoms with Crippen LogP contribution in [-0.4, -0.2) is 20.6 Å². The lowest BCUT2D eigenvalue weighted by Gasteiger charge is -2.19. The first-order valence-electron chi connectivity index (χ1n) is 4.09. The molecule has 6 nitrogen and oxygen atoms in total. The molecule has 1 rings (SSSR count). The number of rotatable bonds is 3. The normalized spacial score (nSPS) is 11.1. The average Bonchev–Trinajstić information content (AvgIpc) is 2.14. The molecule has 8 heteroatoms. The van der Waals surface area contributed by atoms with Crippen molar-refractivity contribution in [1.82, 2.24) is 0 Å². The summed E-state index contributed by atoms with van der Waals surface area (Å²) in [6.45, 7) is 0. The predicted octanol–water partition coefficient (Wildman–Crippen LogP) is 0.931. The van der Waals surface area contributed by atoms with Gasteiger partial charge in [-0.25, -0.2) is 0 Å². The van der Waals surface area contributed by atoms with Crippen molar-refractivity contribution in [2.45, 2.75) is 0 Å². The lowest BCUT2D eigenvalue weighted by molar-refractivity contribution is 0.335. The summed E-state index contributed by atoms with van der Waals surface area (Å²) < 4.78 is 26.4. The van der Waals surface area contributed by atoms with Gasteiger partial charge in [-0.05, 0) is 24.3 Å². The molecule has 0 saturated carbocycles. The molecule has 16 heavy (non-hydrogen) atoms. The van der Waals surface area contributed by atoms with Crippen LogP contribution in [0, 0.1) is 5.41 Å². The minimum Gasteiger partial charge on any atom is -0.368 e. The van der Waals surface area contributed by atoms with Crippen molar-refractivity contribution >= 4 is 33.4 Å². The first-order valence-corrected chi connectivity index (χ1v) is 6.28. The molecule has 0 heterocycles. The van der Waals surface area contributed by atoms with E-state index >= 15 is 0 Å². The van der Waals surface area contributed by atoms with Crippen LogP contribution in [-0.2, 0) is 14.4 Å². The van der Waals surface area contributed by atoms with Gasteiger partial charge in [-0.1, -0.05) is 11.6 Å². The van der Waals surface area contributed by atoms with E-state index in [4.69, 9.17) is 22.7 Å². The molecule has 0 aliphatic rings. The molecule has 88 valence electrons. The van der Waals surface area contributed by atoms with Crippen LogP contribution in [0.15, 0.2) is 24.3 Å². The van der Waals surface area contributed by atoms with Gasteiger partial charge in [0, 0.05) is 5.02 Å². The molecule has 0 unspecified atom stereocenters. The number of halogens is 1. The van der Waals surface area contributed by atoms with Crippen molar-refractivity contribution < 1.29 is 12.7 Å². The molecule has 0 bridgehead atoms. The zero-order valence-corrected chi connectivity index (χ0v) is 9.92. The number of nitrogens with zero attached hydrogens (tertiary/aromatic N) is 1. The van der Waals surface area contributed by atoms with Gasteiger partial charge in [0.2, 0.25) is 5.96 Å². The summed E-state index contributed by atoms with van der Waals surface area (Å²) >= 11 is 5.67. The van der Waals surface area contributed by atoms with E-state index in [-0.39, 0.29) is 0 Å². The third-order valence-corrected chi connectivity index (χ3v) is 2.16. The van der Waals surface area contributed by atoms with Crippen LogP contribution in [0.25, 0.3) is 0 Å². The van der Waals surface area contributed by atoms with Gasteiger partial charge in [0.25, 0.3) is 10.1 Å². The molecule has 1 aromatic carbocycles. The minimum absolute atomic E-state index is 0.294. The Morgan fingerprint density at radius 3 is 2.31 bits per heavy atom. The van der Waals surface area contributed by atoms with E-state index < -0.39 is 16.1 Å². The lowest BCUT2D eigenvalue weighted by atomic mass is 10.3. The number of guanidine groups is 1. The van der Waals surface area contributed by atoms with Crippen molar-refractivity contribution in [3.8, 4) is 0 Å². The summed E-state index contributed by atoms with van der Waals surface area (Å²) in [5.74, 6) is -0.548. The second-order valence-corrected chi connectivity index (χ2v) is 4.93. The maximum absolute atomic E-state index is 10.9. The van der Waals surface area contributed by atoms with E-state index in [1.54, 1.807) is 0 Å². The fourth-order valence-electron chi connectivity index (χ4n) is 0.934. The van der Waals surface area contributed by atoms with Gasteiger partial charge in [-0.15, -0.1) is 4.28 Å². The molecule has 0 fully saturated rings. The molecule has 0 aliphatic carbocycles. The molecule has 0 spiro atoms. The highest BCUT2D eigenvalue weighted by atomic mass is 35.5. The van der Waals surface area contributed by atoms with Crippen molar-refractivity contribution in [2.24, 2.45) is 5.73 Å². The third kappa shape index (κ3) is 3.69. The van der Waals surface area contributed by atoms with E-state index in [2.05, 4.69) is 4.28 Å². The predicted molar refractivity (Wildman–Crippen MR) is 61.8 cm³/mol. The second-order valence-electron chi connectivity index (χ2n) is 2.93. The van der Waals surface area contributed by atoms with Gasteiger partial charge in [0.05, 0.1) is 11.9 Å². The van der Waals surface area contributed by atoms with Gasteiger partial charge in [0.15, 0.2) is 0 Å². The lowest BCUT2D eigenvalue weighted by Crippen LogP contribution is -2.38. The van der Waals surface area contributed by atoms with E-state index in [0.717, 1.165) is 6.26 Å². The van der Waals surface area contributed by atoms with E-state index in [9.17, 15) is 8.42 Å². The molecule has 0 atom stereocenters. The Morgan fingerprint density at radius 1 is 1.44 bits per heavy atom. The molecule has 0 radical (unpaired) electrons. The Kier molecular flexibility index (Phi) is 3.74. The Hall–Kier alpha value is -1.31. The highest BCUT2D eigenvalue weighted by Gasteiger charge is 2.16. The quantitative estimate of drug-likeness (QED) is 0.480. The molecule has 0 aromatic heterocycles. The summed E-state index contributed by atoms with van der Waals surface area (Å²) in [4.78, 5) is 0. The van der Waals surface area contributed by atoms with Gasteiger partial charge >= 0.3 is 0 Å². The number of hydrogen-bond donors (Lipinski definition) is 2. The number of hydroxylamine groups is 1. The topological polar surface area (TPSA) is 96.5 Å². The summed E-state index contributed by atoms with van der Waals surface area (Å²) in [5.41, 5.74) is 5.49. The minimum atomic E-state index is -3.75. The first kappa shape index (κ1) is 12.8. The molecular formula is C8H10ClN3O3S. The first-order chi connectivity index (χ1) is 7.29. The Morgan fingerprint density at radius 2 is 1.94 bits per heavy atom. The number of hydrogen-bond acceptors (Lipinski definition) is 4. The fourth-order valence-corrected chi connectivity index (χ4v) is 1.50. The molecule has 0 saturated heterocycles. The van der Waals surface area contributed by atoms with Gasteiger partial charge in [0.1, 0.15) is 0 Å². The Bertz CT molecular complexity index is 486. The van der Waals surface area contributed by atoms with Crippen LogP contribution in [0.3, 0.4) is 0 Å². The van der Waals surface area contributed by atoms with Gasteiger partial charge < -0.3 is 5.73 Å². The third-order valence-electron chi connectivity index (χ3n) is 1.49. The van der Waals surface area contributed by atoms with Crippen molar-refractivity contribution in [3.05, 3.63) is 29.3 Å². The smallest absolute Gasteiger partial charge is 0.285 e. The van der Waals surface area contributed by atoms with Crippen molar-refractivity contribution in [2.75, 3.05) is 11.3 Å². The number of anilines is 1. The standard InChI is InChI=1S/C8H10ClN3O3S/c1-16(13,14)15-12(8(10)11)7-4-2-6(9)3-5-7/h2-5H,1H3,(H3,10,11). The SMILES string of the molecule is CS(=O)(=O)ON(C(=N)N)c1ccc(Cl)cc1. The highest BCUT2D eigenvalue weighted by molar-refractivity contribution is 7.86. The average molecular weight is 264 g/mol. The molecule has 3 N–H and O–H groups in total. The van der Waals surface area contributed by atoms with Crippen LogP contribution in [0.4, 0.5) is 5.69 Å². The number of benzene rings is 1. The van der Waals surface area contributed by atoms with Gasteiger partial charge in [-0.3, -0.25) is 5.41 Å². The van der Waals surface area contributed by atoms with Gasteiger partial charge in [-0.2, -0.15) is 13.5 Å². The summed E-state index contributed by atoms with van der Waals surface area (Å²) in [7, 11) is -3.75. The summed E-state index contributed by atoms with van der Waals surface area (Å²) in [6.07, 6.45) is 0.860. The molecule has 1 aromatic rings. The van der Waals surface area contributed by atoms with Crippen molar-refractivity contribution in [1.29, 1.82) is 5.41 Å². The Labute approximate surface area is 98.2 Å². The number of nitrogens with two attached hydrogens (primary N) is 1. The number of nitrogens with one attached hydrogen (secondary N) is 1. The Balaban J connectivity index is 3.03. The second kappa shape index (κ2) is 4.69. The molecule has 0 amide bonds. The monoisotopic (exact) mass is 263 g/mol. The maximum atomic E-state index is 10.9. The zero-order valence-electron chi connectivity index (χ0n) is 8.34. The van der Waals surface area contributed by atoms with Crippen molar-refractivity contribution in [3.63, 3.8) is 0 Å². The summed E-state index contributed by atoms with van der Waals surface area (Å²) in [5, 5.41) is 8.37. The van der Waals surface area contributed by atoms with E-state index in [0.29, 0.717) is 15.8 Å². The van der Waals surface area contributed by atoms with Crippen LogP contribution >= 0.6 is 11.6 Å². The van der Waals surface area contributed by atoms with Crippen LogP contribution in [0.1, 0.15) is 0 Å². The fraction of sp³-hybridized carbons (Fsp3) is 0.125. The van der Waals surface area contributed by atoms with Crippen LogP contribution in [0.5, 0.6) is 0 Å². The van der Waals surface area contributed by atoms with E-state index in [1.165, 1.54) is 24.3 Å².